The van der Waals surface area contributed by atoms with Gasteiger partial charge in [-0.3, -0.25) is 9.29 Å². The molecule has 9 nitrogen and oxygen atoms in total. The summed E-state index contributed by atoms with van der Waals surface area (Å²) in [6.45, 7) is 3.94. The number of methoxy groups -OCH3 is 2. The molecule has 11 heteroatoms. The van der Waals surface area contributed by atoms with Crippen molar-refractivity contribution in [2.75, 3.05) is 18.9 Å². The Balaban J connectivity index is 1.68. The summed E-state index contributed by atoms with van der Waals surface area (Å²) in [6, 6.07) is 9.30. The number of benzene rings is 1. The fraction of sp³-hybridized carbons (Fsp3) is 0.273. The van der Waals surface area contributed by atoms with Crippen molar-refractivity contribution in [3.05, 3.63) is 59.3 Å². The van der Waals surface area contributed by atoms with Gasteiger partial charge in [-0.2, -0.15) is 0 Å². The molecule has 0 aliphatic heterocycles. The molecule has 1 N–H and O–H groups in total. The van der Waals surface area contributed by atoms with Gasteiger partial charge in [0.05, 0.1) is 19.2 Å². The van der Waals surface area contributed by atoms with E-state index < -0.39 is 0 Å². The predicted octanol–water partition coefficient (Wildman–Crippen LogP) is 4.99. The van der Waals surface area contributed by atoms with E-state index in [0.717, 1.165) is 5.76 Å². The molecule has 3 aromatic heterocycles. The van der Waals surface area contributed by atoms with Crippen LogP contribution in [0.2, 0.25) is 5.02 Å². The number of para-hydroxylation sites is 1. The maximum Gasteiger partial charge on any atom is 0.239 e. The van der Waals surface area contributed by atoms with Gasteiger partial charge in [0.2, 0.25) is 11.8 Å². The molecule has 1 atom stereocenters. The van der Waals surface area contributed by atoms with Crippen LogP contribution in [-0.2, 0) is 6.42 Å². The number of aromatic nitrogens is 5. The van der Waals surface area contributed by atoms with E-state index in [1.165, 1.54) is 11.9 Å². The number of anilines is 1. The molecule has 0 amide bonds. The van der Waals surface area contributed by atoms with E-state index in [0.29, 0.717) is 52.0 Å². The van der Waals surface area contributed by atoms with Crippen molar-refractivity contribution in [3.63, 3.8) is 0 Å². The monoisotopic (exact) mass is 486 g/mol. The zero-order chi connectivity index (χ0) is 23.4. The van der Waals surface area contributed by atoms with Crippen molar-refractivity contribution in [2.45, 2.75) is 25.5 Å². The van der Waals surface area contributed by atoms with Crippen LogP contribution in [0.25, 0.3) is 17.3 Å². The Hall–Kier alpha value is -3.24. The van der Waals surface area contributed by atoms with Gasteiger partial charge in [0.25, 0.3) is 0 Å². The second-order valence-electron chi connectivity index (χ2n) is 7.16. The zero-order valence-electron chi connectivity index (χ0n) is 18.6. The van der Waals surface area contributed by atoms with E-state index in [4.69, 9.17) is 25.5 Å². The molecule has 33 heavy (non-hydrogen) atoms. The van der Waals surface area contributed by atoms with Crippen LogP contribution in [0.3, 0.4) is 0 Å². The first kappa shape index (κ1) is 22.9. The number of hydrogen-bond donors (Lipinski definition) is 1. The van der Waals surface area contributed by atoms with Gasteiger partial charge in [-0.15, -0.1) is 10.2 Å². The standard InChI is InChI=1S/C22H23ClN6O3S/c1-13-8-9-18(32-13)21-26-27-22(28-33-14(2)10-19-24-11-15(23)12-25-19)29(21)20-16(30-3)6-5-7-17(20)31-4/h5-9,11-12,14H,10H2,1-4H3,(H,27,28)/t14-/m1/s1. The molecular weight excluding hydrogens is 464 g/mol. The van der Waals surface area contributed by atoms with Gasteiger partial charge in [0.1, 0.15) is 28.8 Å². The van der Waals surface area contributed by atoms with E-state index in [9.17, 15) is 0 Å². The fourth-order valence-electron chi connectivity index (χ4n) is 3.23. The third-order valence-electron chi connectivity index (χ3n) is 4.74. The molecule has 0 saturated carbocycles. The average molecular weight is 487 g/mol. The van der Waals surface area contributed by atoms with Crippen LogP contribution in [-0.4, -0.2) is 44.2 Å². The number of rotatable bonds is 9. The van der Waals surface area contributed by atoms with Crippen molar-refractivity contribution >= 4 is 29.5 Å². The van der Waals surface area contributed by atoms with Crippen molar-refractivity contribution < 1.29 is 13.9 Å². The van der Waals surface area contributed by atoms with Crippen LogP contribution in [0.1, 0.15) is 18.5 Å². The summed E-state index contributed by atoms with van der Waals surface area (Å²) in [5.74, 6) is 4.28. The largest absolute Gasteiger partial charge is 0.494 e. The lowest BCUT2D eigenvalue weighted by Gasteiger charge is -2.17. The van der Waals surface area contributed by atoms with Gasteiger partial charge in [-0.05, 0) is 43.1 Å². The average Bonchev–Trinajstić information content (AvgIpc) is 3.44. The third kappa shape index (κ3) is 5.07. The molecule has 4 aromatic rings. The lowest BCUT2D eigenvalue weighted by molar-refractivity contribution is 0.391. The third-order valence-corrected chi connectivity index (χ3v) is 5.81. The van der Waals surface area contributed by atoms with E-state index in [2.05, 4.69) is 31.8 Å². The van der Waals surface area contributed by atoms with Crippen LogP contribution < -0.4 is 14.2 Å². The highest BCUT2D eigenvalue weighted by molar-refractivity contribution is 8.01. The number of furan rings is 1. The fourth-order valence-corrected chi connectivity index (χ4v) is 3.99. The summed E-state index contributed by atoms with van der Waals surface area (Å²) in [5.41, 5.74) is 0.661. The molecule has 3 heterocycles. The van der Waals surface area contributed by atoms with Gasteiger partial charge in [-0.25, -0.2) is 9.97 Å². The topological polar surface area (TPSA) is 100 Å². The quantitative estimate of drug-likeness (QED) is 0.328. The Kier molecular flexibility index (Phi) is 7.05. The molecule has 1 aromatic carbocycles. The summed E-state index contributed by atoms with van der Waals surface area (Å²) in [4.78, 5) is 8.53. The molecule has 0 aliphatic carbocycles. The maximum atomic E-state index is 5.88. The predicted molar refractivity (Wildman–Crippen MR) is 128 cm³/mol. The second-order valence-corrected chi connectivity index (χ2v) is 8.84. The second kappa shape index (κ2) is 10.1. The van der Waals surface area contributed by atoms with E-state index in [-0.39, 0.29) is 5.25 Å². The normalized spacial score (nSPS) is 11.9. The van der Waals surface area contributed by atoms with Crippen molar-refractivity contribution in [1.82, 2.24) is 24.7 Å². The number of halogens is 1. The molecule has 0 unspecified atom stereocenters. The smallest absolute Gasteiger partial charge is 0.239 e. The molecule has 0 radical (unpaired) electrons. The highest BCUT2D eigenvalue weighted by atomic mass is 35.5. The molecule has 0 saturated heterocycles. The molecule has 0 fully saturated rings. The highest BCUT2D eigenvalue weighted by Crippen LogP contribution is 2.38. The minimum absolute atomic E-state index is 0.130. The van der Waals surface area contributed by atoms with Crippen LogP contribution in [0, 0.1) is 6.92 Å². The number of nitrogens with zero attached hydrogens (tertiary/aromatic N) is 5. The van der Waals surface area contributed by atoms with E-state index in [1.807, 2.05) is 41.8 Å². The summed E-state index contributed by atoms with van der Waals surface area (Å²) in [5, 5.41) is 9.41. The Morgan fingerprint density at radius 3 is 2.39 bits per heavy atom. The van der Waals surface area contributed by atoms with Gasteiger partial charge in [-0.1, -0.05) is 24.6 Å². The molecule has 4 rings (SSSR count). The van der Waals surface area contributed by atoms with Gasteiger partial charge in [0.15, 0.2) is 5.76 Å². The summed E-state index contributed by atoms with van der Waals surface area (Å²) < 4.78 is 22.2. The summed E-state index contributed by atoms with van der Waals surface area (Å²) in [7, 11) is 3.21. The number of aryl methyl sites for hydroxylation is 1. The summed E-state index contributed by atoms with van der Waals surface area (Å²) >= 11 is 7.36. The molecule has 0 aliphatic rings. The van der Waals surface area contributed by atoms with Crippen LogP contribution in [0.4, 0.5) is 5.95 Å². The Morgan fingerprint density at radius 2 is 1.79 bits per heavy atom. The Bertz CT molecular complexity index is 1210. The first-order chi connectivity index (χ1) is 16.0. The first-order valence-electron chi connectivity index (χ1n) is 10.1. The maximum absolute atomic E-state index is 5.88. The van der Waals surface area contributed by atoms with Gasteiger partial charge in [0, 0.05) is 24.1 Å². The van der Waals surface area contributed by atoms with Crippen molar-refractivity contribution in [1.29, 1.82) is 0 Å². The number of hydrogen-bond acceptors (Lipinski definition) is 9. The first-order valence-corrected chi connectivity index (χ1v) is 11.4. The molecular formula is C22H23ClN6O3S. The Labute approximate surface area is 200 Å². The minimum Gasteiger partial charge on any atom is -0.494 e. The minimum atomic E-state index is 0.130. The van der Waals surface area contributed by atoms with Crippen molar-refractivity contribution in [2.24, 2.45) is 0 Å². The SMILES string of the molecule is COc1cccc(OC)c1-n1c(NS[C@H](C)Cc2ncc(Cl)cn2)nnc1-c1ccc(C)o1. The van der Waals surface area contributed by atoms with E-state index in [1.54, 1.807) is 26.6 Å². The number of nitrogens with one attached hydrogen (secondary N) is 1. The van der Waals surface area contributed by atoms with Gasteiger partial charge < -0.3 is 13.9 Å². The van der Waals surface area contributed by atoms with Crippen LogP contribution in [0.5, 0.6) is 11.5 Å². The highest BCUT2D eigenvalue weighted by Gasteiger charge is 2.24. The summed E-state index contributed by atoms with van der Waals surface area (Å²) in [6.07, 6.45) is 3.83. The Morgan fingerprint density at radius 1 is 1.09 bits per heavy atom. The van der Waals surface area contributed by atoms with Crippen molar-refractivity contribution in [3.8, 4) is 28.8 Å². The van der Waals surface area contributed by atoms with Gasteiger partial charge >= 0.3 is 0 Å². The molecule has 0 bridgehead atoms. The lowest BCUT2D eigenvalue weighted by Crippen LogP contribution is -2.11. The van der Waals surface area contributed by atoms with Crippen LogP contribution in [0.15, 0.2) is 47.1 Å². The zero-order valence-corrected chi connectivity index (χ0v) is 20.1. The molecule has 0 spiro atoms. The molecule has 172 valence electrons. The lowest BCUT2D eigenvalue weighted by atomic mass is 10.2. The van der Waals surface area contributed by atoms with E-state index >= 15 is 0 Å². The van der Waals surface area contributed by atoms with Crippen LogP contribution >= 0.6 is 23.5 Å². The number of ether oxygens (including phenoxy) is 2.